The summed E-state index contributed by atoms with van der Waals surface area (Å²) >= 11 is 6.47. The lowest BCUT2D eigenvalue weighted by atomic mass is 10.1. The maximum Gasteiger partial charge on any atom is 0.142 e. The molecule has 2 aromatic rings. The molecule has 0 amide bonds. The van der Waals surface area contributed by atoms with Crippen molar-refractivity contribution in [3.8, 4) is 5.75 Å². The van der Waals surface area contributed by atoms with E-state index >= 15 is 0 Å². The normalized spacial score (nSPS) is 14.1. The fourth-order valence-corrected chi connectivity index (χ4v) is 3.08. The summed E-state index contributed by atoms with van der Waals surface area (Å²) in [5.74, 6) is 0.882. The van der Waals surface area contributed by atoms with E-state index in [0.29, 0.717) is 6.54 Å². The van der Waals surface area contributed by atoms with Crippen molar-refractivity contribution >= 4 is 23.0 Å². The van der Waals surface area contributed by atoms with Crippen molar-refractivity contribution in [2.24, 2.45) is 0 Å². The molecule has 1 aliphatic heterocycles. The molecule has 2 N–H and O–H groups in total. The van der Waals surface area contributed by atoms with Crippen LogP contribution in [-0.2, 0) is 6.54 Å². The summed E-state index contributed by atoms with van der Waals surface area (Å²) in [6.45, 7) is 2.75. The van der Waals surface area contributed by atoms with Gasteiger partial charge in [0, 0.05) is 30.3 Å². The number of nitrogens with zero attached hydrogens (tertiary/aromatic N) is 1. The zero-order valence-corrected chi connectivity index (χ0v) is 14.1. The van der Waals surface area contributed by atoms with Crippen LogP contribution in [-0.4, -0.2) is 20.2 Å². The first-order valence-corrected chi connectivity index (χ1v) is 8.31. The average molecular weight is 332 g/mol. The standard InChI is InChI=1S/C18H22ClN3O/c1-23-18-11-14(13-20-21-15-7-3-2-4-8-15)16(19)12-17(18)22-9-5-6-10-22/h2-4,7-8,11-12,20-21H,5-6,9-10,13H2,1H3. The number of methoxy groups -OCH3 is 1. The van der Waals surface area contributed by atoms with E-state index < -0.39 is 0 Å². The van der Waals surface area contributed by atoms with Gasteiger partial charge in [-0.1, -0.05) is 29.8 Å². The number of halogens is 1. The van der Waals surface area contributed by atoms with Crippen molar-refractivity contribution in [1.82, 2.24) is 5.43 Å². The predicted octanol–water partition coefficient (Wildman–Crippen LogP) is 4.07. The fourth-order valence-electron chi connectivity index (χ4n) is 2.85. The highest BCUT2D eigenvalue weighted by molar-refractivity contribution is 6.31. The quantitative estimate of drug-likeness (QED) is 0.782. The minimum absolute atomic E-state index is 0.615. The Balaban J connectivity index is 1.69. The topological polar surface area (TPSA) is 36.5 Å². The molecule has 0 radical (unpaired) electrons. The van der Waals surface area contributed by atoms with Crippen LogP contribution in [0.15, 0.2) is 42.5 Å². The van der Waals surface area contributed by atoms with Crippen molar-refractivity contribution in [3.63, 3.8) is 0 Å². The first-order chi connectivity index (χ1) is 11.3. The Morgan fingerprint density at radius 3 is 2.57 bits per heavy atom. The summed E-state index contributed by atoms with van der Waals surface area (Å²) in [7, 11) is 1.71. The van der Waals surface area contributed by atoms with Crippen LogP contribution in [0.2, 0.25) is 5.02 Å². The highest BCUT2D eigenvalue weighted by Crippen LogP contribution is 2.35. The molecular weight excluding hydrogens is 310 g/mol. The molecular formula is C18H22ClN3O. The first-order valence-electron chi connectivity index (χ1n) is 7.93. The van der Waals surface area contributed by atoms with Crippen LogP contribution in [0.1, 0.15) is 18.4 Å². The predicted molar refractivity (Wildman–Crippen MR) is 96.4 cm³/mol. The molecule has 3 rings (SSSR count). The van der Waals surface area contributed by atoms with Gasteiger partial charge < -0.3 is 15.1 Å². The Morgan fingerprint density at radius 1 is 1.13 bits per heavy atom. The minimum atomic E-state index is 0.615. The van der Waals surface area contributed by atoms with Gasteiger partial charge in [-0.2, -0.15) is 0 Å². The monoisotopic (exact) mass is 331 g/mol. The summed E-state index contributed by atoms with van der Waals surface area (Å²) in [6.07, 6.45) is 2.45. The number of benzene rings is 2. The lowest BCUT2D eigenvalue weighted by Gasteiger charge is -2.22. The molecule has 0 unspecified atom stereocenters. The zero-order chi connectivity index (χ0) is 16.1. The Kier molecular flexibility index (Phi) is 5.26. The van der Waals surface area contributed by atoms with Crippen LogP contribution in [0.3, 0.4) is 0 Å². The van der Waals surface area contributed by atoms with Gasteiger partial charge in [0.05, 0.1) is 12.8 Å². The summed E-state index contributed by atoms with van der Waals surface area (Å²) < 4.78 is 5.57. The second-order valence-corrected chi connectivity index (χ2v) is 6.06. The van der Waals surface area contributed by atoms with Gasteiger partial charge in [-0.15, -0.1) is 0 Å². The number of hydrogen-bond donors (Lipinski definition) is 2. The van der Waals surface area contributed by atoms with E-state index in [0.717, 1.165) is 40.8 Å². The van der Waals surface area contributed by atoms with Crippen molar-refractivity contribution < 1.29 is 4.74 Å². The highest BCUT2D eigenvalue weighted by atomic mass is 35.5. The van der Waals surface area contributed by atoms with Gasteiger partial charge in [-0.05, 0) is 42.7 Å². The van der Waals surface area contributed by atoms with E-state index in [1.807, 2.05) is 42.5 Å². The molecule has 1 aliphatic rings. The highest BCUT2D eigenvalue weighted by Gasteiger charge is 2.18. The summed E-state index contributed by atoms with van der Waals surface area (Å²) in [5, 5.41) is 0.759. The number of ether oxygens (including phenoxy) is 1. The number of anilines is 2. The van der Waals surface area contributed by atoms with Crippen LogP contribution in [0.5, 0.6) is 5.75 Å². The maximum atomic E-state index is 6.47. The third kappa shape index (κ3) is 3.89. The number of para-hydroxylation sites is 1. The van der Waals surface area contributed by atoms with Crippen LogP contribution in [0.25, 0.3) is 0 Å². The van der Waals surface area contributed by atoms with Gasteiger partial charge in [-0.3, -0.25) is 0 Å². The summed E-state index contributed by atoms with van der Waals surface area (Å²) in [6, 6.07) is 14.0. The molecule has 122 valence electrons. The summed E-state index contributed by atoms with van der Waals surface area (Å²) in [4.78, 5) is 2.34. The van der Waals surface area contributed by atoms with Gasteiger partial charge in [0.1, 0.15) is 5.75 Å². The van der Waals surface area contributed by atoms with E-state index in [1.165, 1.54) is 12.8 Å². The van der Waals surface area contributed by atoms with Crippen molar-refractivity contribution in [2.45, 2.75) is 19.4 Å². The maximum absolute atomic E-state index is 6.47. The van der Waals surface area contributed by atoms with Crippen molar-refractivity contribution in [1.29, 1.82) is 0 Å². The molecule has 4 nitrogen and oxygen atoms in total. The molecule has 0 spiro atoms. The number of nitrogens with one attached hydrogen (secondary N) is 2. The Bertz CT molecular complexity index is 642. The summed E-state index contributed by atoms with van der Waals surface area (Å²) in [5.41, 5.74) is 9.48. The van der Waals surface area contributed by atoms with Gasteiger partial charge in [0.25, 0.3) is 0 Å². The Labute approximate surface area is 142 Å². The molecule has 1 heterocycles. The largest absolute Gasteiger partial charge is 0.495 e. The van der Waals surface area contributed by atoms with E-state index in [9.17, 15) is 0 Å². The molecule has 1 fully saturated rings. The lowest BCUT2D eigenvalue weighted by molar-refractivity contribution is 0.414. The number of hydrazine groups is 1. The fraction of sp³-hybridized carbons (Fsp3) is 0.333. The smallest absolute Gasteiger partial charge is 0.142 e. The molecule has 0 aromatic heterocycles. The van der Waals surface area contributed by atoms with Crippen LogP contribution in [0, 0.1) is 0 Å². The van der Waals surface area contributed by atoms with E-state index in [-0.39, 0.29) is 0 Å². The number of rotatable bonds is 6. The second-order valence-electron chi connectivity index (χ2n) is 5.65. The Morgan fingerprint density at radius 2 is 1.87 bits per heavy atom. The first kappa shape index (κ1) is 16.0. The molecule has 0 aliphatic carbocycles. The third-order valence-corrected chi connectivity index (χ3v) is 4.43. The molecule has 0 atom stereocenters. The molecule has 0 bridgehead atoms. The molecule has 1 saturated heterocycles. The van der Waals surface area contributed by atoms with Crippen molar-refractivity contribution in [2.75, 3.05) is 30.5 Å². The Hall–Kier alpha value is -1.91. The molecule has 23 heavy (non-hydrogen) atoms. The number of hydrogen-bond acceptors (Lipinski definition) is 4. The van der Waals surface area contributed by atoms with Gasteiger partial charge >= 0.3 is 0 Å². The molecule has 0 saturated carbocycles. The van der Waals surface area contributed by atoms with E-state index in [4.69, 9.17) is 16.3 Å². The molecule has 2 aromatic carbocycles. The molecule has 5 heteroatoms. The van der Waals surface area contributed by atoms with Crippen LogP contribution < -0.4 is 20.5 Å². The third-order valence-electron chi connectivity index (χ3n) is 4.08. The lowest BCUT2D eigenvalue weighted by Crippen LogP contribution is -2.22. The van der Waals surface area contributed by atoms with Gasteiger partial charge in [0.2, 0.25) is 0 Å². The van der Waals surface area contributed by atoms with Gasteiger partial charge in [-0.25, -0.2) is 5.43 Å². The second kappa shape index (κ2) is 7.57. The van der Waals surface area contributed by atoms with Gasteiger partial charge in [0.15, 0.2) is 0 Å². The SMILES string of the molecule is COc1cc(CNNc2ccccc2)c(Cl)cc1N1CCCC1. The van der Waals surface area contributed by atoms with Crippen LogP contribution >= 0.6 is 11.6 Å². The van der Waals surface area contributed by atoms with Crippen LogP contribution in [0.4, 0.5) is 11.4 Å². The van der Waals surface area contributed by atoms with E-state index in [2.05, 4.69) is 15.8 Å². The average Bonchev–Trinajstić information content (AvgIpc) is 3.11. The zero-order valence-electron chi connectivity index (χ0n) is 13.3. The van der Waals surface area contributed by atoms with E-state index in [1.54, 1.807) is 7.11 Å². The minimum Gasteiger partial charge on any atom is -0.495 e. The van der Waals surface area contributed by atoms with Crippen molar-refractivity contribution in [3.05, 3.63) is 53.1 Å².